The van der Waals surface area contributed by atoms with Crippen LogP contribution in [0.25, 0.3) is 5.69 Å². The summed E-state index contributed by atoms with van der Waals surface area (Å²) < 4.78 is 3.28. The minimum absolute atomic E-state index is 0.0180. The van der Waals surface area contributed by atoms with Gasteiger partial charge in [-0.15, -0.1) is 0 Å². The van der Waals surface area contributed by atoms with Crippen LogP contribution in [0, 0.1) is 0 Å². The zero-order valence-electron chi connectivity index (χ0n) is 14.3. The highest BCUT2D eigenvalue weighted by atomic mass is 79.9. The van der Waals surface area contributed by atoms with E-state index in [-0.39, 0.29) is 12.1 Å². The predicted molar refractivity (Wildman–Crippen MR) is 111 cm³/mol. The molecule has 1 saturated heterocycles. The van der Waals surface area contributed by atoms with Crippen molar-refractivity contribution in [1.29, 1.82) is 0 Å². The standard InChI is InChI=1S/C20H19BrN4S/c1-2-24-19(18(23-20(24)26)16-9-3-4-11-22-16)17-10-6-12-25(17)15-8-5-7-14(21)13-15/h3-13,18-19H,2H2,1H3,(H,23,26)/t18-,19+/m1/s1. The Balaban J connectivity index is 1.82. The van der Waals surface area contributed by atoms with Crippen LogP contribution in [-0.4, -0.2) is 26.1 Å². The third-order valence-corrected chi connectivity index (χ3v) is 5.55. The van der Waals surface area contributed by atoms with E-state index in [1.54, 1.807) is 0 Å². The summed E-state index contributed by atoms with van der Waals surface area (Å²) in [6, 6.07) is 18.7. The van der Waals surface area contributed by atoms with Crippen molar-refractivity contribution in [2.24, 2.45) is 0 Å². The fraction of sp³-hybridized carbons (Fsp3) is 0.200. The normalized spacial score (nSPS) is 19.6. The van der Waals surface area contributed by atoms with Gasteiger partial charge in [-0.25, -0.2) is 0 Å². The van der Waals surface area contributed by atoms with Gasteiger partial charge in [0.05, 0.1) is 17.8 Å². The van der Waals surface area contributed by atoms with Crippen molar-refractivity contribution in [1.82, 2.24) is 19.8 Å². The second kappa shape index (κ2) is 7.21. The second-order valence-electron chi connectivity index (χ2n) is 6.20. The largest absolute Gasteiger partial charge is 0.352 e. The topological polar surface area (TPSA) is 33.1 Å². The van der Waals surface area contributed by atoms with Gasteiger partial charge < -0.3 is 14.8 Å². The summed E-state index contributed by atoms with van der Waals surface area (Å²) in [7, 11) is 0. The summed E-state index contributed by atoms with van der Waals surface area (Å²) in [5.41, 5.74) is 3.30. The Morgan fingerprint density at radius 2 is 2.04 bits per heavy atom. The van der Waals surface area contributed by atoms with Crippen molar-refractivity contribution >= 4 is 33.3 Å². The van der Waals surface area contributed by atoms with E-state index in [9.17, 15) is 0 Å². The number of likely N-dealkylation sites (N-methyl/N-ethyl adjacent to an activating group) is 1. The van der Waals surface area contributed by atoms with Crippen molar-refractivity contribution in [3.8, 4) is 5.69 Å². The number of hydrogen-bond donors (Lipinski definition) is 1. The third kappa shape index (κ3) is 3.04. The zero-order chi connectivity index (χ0) is 18.1. The fourth-order valence-electron chi connectivity index (χ4n) is 3.56. The molecule has 0 amide bonds. The number of hydrogen-bond acceptors (Lipinski definition) is 2. The maximum atomic E-state index is 5.62. The van der Waals surface area contributed by atoms with E-state index < -0.39 is 0 Å². The average Bonchev–Trinajstić information content (AvgIpc) is 3.26. The molecule has 0 spiro atoms. The lowest BCUT2D eigenvalue weighted by atomic mass is 10.0. The lowest BCUT2D eigenvalue weighted by Crippen LogP contribution is -2.30. The third-order valence-electron chi connectivity index (χ3n) is 4.71. The first-order valence-electron chi connectivity index (χ1n) is 8.60. The maximum Gasteiger partial charge on any atom is 0.170 e. The van der Waals surface area contributed by atoms with Gasteiger partial charge in [0.25, 0.3) is 0 Å². The lowest BCUT2D eigenvalue weighted by Gasteiger charge is -2.28. The molecular weight excluding hydrogens is 408 g/mol. The molecule has 1 aromatic carbocycles. The molecule has 132 valence electrons. The number of pyridine rings is 1. The molecule has 0 aliphatic carbocycles. The van der Waals surface area contributed by atoms with Crippen molar-refractivity contribution in [3.05, 3.63) is 82.9 Å². The van der Waals surface area contributed by atoms with Crippen LogP contribution in [-0.2, 0) is 0 Å². The average molecular weight is 427 g/mol. The van der Waals surface area contributed by atoms with E-state index in [0.29, 0.717) is 0 Å². The number of aromatic nitrogens is 2. The molecule has 2 atom stereocenters. The van der Waals surface area contributed by atoms with Crippen molar-refractivity contribution in [3.63, 3.8) is 0 Å². The van der Waals surface area contributed by atoms with Crippen LogP contribution < -0.4 is 5.32 Å². The highest BCUT2D eigenvalue weighted by Crippen LogP contribution is 2.39. The highest BCUT2D eigenvalue weighted by Gasteiger charge is 2.40. The maximum absolute atomic E-state index is 5.62. The summed E-state index contributed by atoms with van der Waals surface area (Å²) in [6.45, 7) is 2.97. The molecule has 1 N–H and O–H groups in total. The molecule has 3 heterocycles. The summed E-state index contributed by atoms with van der Waals surface area (Å²) in [5, 5.41) is 4.25. The number of halogens is 1. The van der Waals surface area contributed by atoms with Gasteiger partial charge in [-0.3, -0.25) is 4.98 Å². The van der Waals surface area contributed by atoms with E-state index in [0.717, 1.165) is 27.5 Å². The van der Waals surface area contributed by atoms with Gasteiger partial charge in [0, 0.05) is 34.8 Å². The van der Waals surface area contributed by atoms with E-state index in [4.69, 9.17) is 12.2 Å². The first-order chi connectivity index (χ1) is 12.7. The summed E-state index contributed by atoms with van der Waals surface area (Å²) in [5.74, 6) is 0. The molecule has 26 heavy (non-hydrogen) atoms. The van der Waals surface area contributed by atoms with E-state index >= 15 is 0 Å². The molecule has 0 radical (unpaired) electrons. The van der Waals surface area contributed by atoms with Gasteiger partial charge in [0.2, 0.25) is 0 Å². The van der Waals surface area contributed by atoms with Gasteiger partial charge in [0.1, 0.15) is 0 Å². The van der Waals surface area contributed by atoms with Crippen molar-refractivity contribution in [2.75, 3.05) is 6.54 Å². The van der Waals surface area contributed by atoms with Crippen LogP contribution in [0.5, 0.6) is 0 Å². The number of nitrogens with one attached hydrogen (secondary N) is 1. The molecule has 1 aliphatic rings. The minimum atomic E-state index is 0.0180. The van der Waals surface area contributed by atoms with Crippen LogP contribution in [0.3, 0.4) is 0 Å². The first kappa shape index (κ1) is 17.2. The lowest BCUT2D eigenvalue weighted by molar-refractivity contribution is 0.321. The van der Waals surface area contributed by atoms with E-state index in [1.807, 2.05) is 24.4 Å². The number of benzene rings is 1. The molecule has 1 fully saturated rings. The summed E-state index contributed by atoms with van der Waals surface area (Å²) in [6.07, 6.45) is 3.93. The van der Waals surface area contributed by atoms with Gasteiger partial charge >= 0.3 is 0 Å². The molecule has 0 saturated carbocycles. The van der Waals surface area contributed by atoms with Gasteiger partial charge in [-0.05, 0) is 61.6 Å². The van der Waals surface area contributed by atoms with Crippen molar-refractivity contribution in [2.45, 2.75) is 19.0 Å². The SMILES string of the molecule is CCN1C(=S)N[C@H](c2ccccn2)[C@@H]1c1cccn1-c1cccc(Br)c1. The smallest absolute Gasteiger partial charge is 0.170 e. The summed E-state index contributed by atoms with van der Waals surface area (Å²) >= 11 is 9.19. The molecule has 2 aromatic heterocycles. The molecule has 1 aliphatic heterocycles. The molecule has 6 heteroatoms. The zero-order valence-corrected chi connectivity index (χ0v) is 16.7. The van der Waals surface area contributed by atoms with E-state index in [1.165, 1.54) is 5.69 Å². The number of thiocarbonyl (C=S) groups is 1. The Labute approximate surface area is 167 Å². The molecule has 0 unspecified atom stereocenters. The second-order valence-corrected chi connectivity index (χ2v) is 7.50. The summed E-state index contributed by atoms with van der Waals surface area (Å²) in [4.78, 5) is 6.81. The fourth-order valence-corrected chi connectivity index (χ4v) is 4.32. The Morgan fingerprint density at radius 1 is 1.15 bits per heavy atom. The Kier molecular flexibility index (Phi) is 4.78. The Bertz CT molecular complexity index is 924. The van der Waals surface area contributed by atoms with Crippen LogP contribution in [0.4, 0.5) is 0 Å². The van der Waals surface area contributed by atoms with Crippen LogP contribution >= 0.6 is 28.1 Å². The van der Waals surface area contributed by atoms with E-state index in [2.05, 4.69) is 85.2 Å². The molecule has 3 aromatic rings. The van der Waals surface area contributed by atoms with Crippen LogP contribution in [0.1, 0.15) is 30.4 Å². The quantitative estimate of drug-likeness (QED) is 0.616. The Morgan fingerprint density at radius 3 is 2.77 bits per heavy atom. The van der Waals surface area contributed by atoms with Crippen LogP contribution in [0.15, 0.2) is 71.5 Å². The molecule has 0 bridgehead atoms. The van der Waals surface area contributed by atoms with Gasteiger partial charge in [0.15, 0.2) is 5.11 Å². The first-order valence-corrected chi connectivity index (χ1v) is 9.80. The van der Waals surface area contributed by atoms with Crippen LogP contribution in [0.2, 0.25) is 0 Å². The number of nitrogens with zero attached hydrogens (tertiary/aromatic N) is 3. The molecular formula is C20H19BrN4S. The Hall–Kier alpha value is -2.18. The molecule has 4 nitrogen and oxygen atoms in total. The predicted octanol–water partition coefficient (Wildman–Crippen LogP) is 4.63. The van der Waals surface area contributed by atoms with Gasteiger partial charge in [-0.1, -0.05) is 28.1 Å². The van der Waals surface area contributed by atoms with Crippen molar-refractivity contribution < 1.29 is 0 Å². The van der Waals surface area contributed by atoms with Gasteiger partial charge in [-0.2, -0.15) is 0 Å². The highest BCUT2D eigenvalue weighted by molar-refractivity contribution is 9.10. The minimum Gasteiger partial charge on any atom is -0.352 e. The molecule has 4 rings (SSSR count). The number of rotatable bonds is 4. The monoisotopic (exact) mass is 426 g/mol.